The third-order valence-corrected chi connectivity index (χ3v) is 6.08. The maximum atomic E-state index is 12.8. The monoisotopic (exact) mass is 476 g/mol. The Labute approximate surface area is 193 Å². The average Bonchev–Trinajstić information content (AvgIpc) is 3.46. The number of halogens is 1. The highest BCUT2D eigenvalue weighted by Crippen LogP contribution is 2.29. The molecule has 4 heterocycles. The second-order valence-corrected chi connectivity index (χ2v) is 8.76. The zero-order valence-electron chi connectivity index (χ0n) is 17.3. The molecule has 1 unspecified atom stereocenters. The number of hydrogen-bond acceptors (Lipinski definition) is 8. The zero-order chi connectivity index (χ0) is 22.5. The first kappa shape index (κ1) is 22.3. The summed E-state index contributed by atoms with van der Waals surface area (Å²) >= 11 is 7.43. The van der Waals surface area contributed by atoms with Crippen LogP contribution in [0.2, 0.25) is 4.34 Å². The maximum Gasteiger partial charge on any atom is 0.339 e. The second-order valence-electron chi connectivity index (χ2n) is 7.05. The van der Waals surface area contributed by atoms with Crippen molar-refractivity contribution in [2.75, 3.05) is 33.4 Å². The summed E-state index contributed by atoms with van der Waals surface area (Å²) in [5.41, 5.74) is 1.08. The van der Waals surface area contributed by atoms with Crippen molar-refractivity contribution < 1.29 is 23.8 Å². The number of methoxy groups -OCH3 is 1. The molecule has 1 atom stereocenters. The SMILES string of the molecule is COC(=O)c1cncc(OCC2CN(C(=O)Cn3ccc(-c4ccc(Cl)s4)n3)CCO2)c1. The molecule has 0 saturated carbocycles. The molecule has 0 radical (unpaired) electrons. The molecule has 32 heavy (non-hydrogen) atoms. The van der Waals surface area contributed by atoms with Crippen LogP contribution in [-0.4, -0.2) is 71.1 Å². The van der Waals surface area contributed by atoms with Crippen molar-refractivity contribution in [3.8, 4) is 16.3 Å². The van der Waals surface area contributed by atoms with Crippen molar-refractivity contribution in [2.45, 2.75) is 12.6 Å². The average molecular weight is 477 g/mol. The Kier molecular flexibility index (Phi) is 7.03. The highest BCUT2D eigenvalue weighted by Gasteiger charge is 2.25. The van der Waals surface area contributed by atoms with Crippen molar-refractivity contribution in [1.29, 1.82) is 0 Å². The Morgan fingerprint density at radius 2 is 2.19 bits per heavy atom. The third-order valence-electron chi connectivity index (χ3n) is 4.83. The van der Waals surface area contributed by atoms with Crippen molar-refractivity contribution >= 4 is 34.8 Å². The van der Waals surface area contributed by atoms with Crippen LogP contribution in [0.25, 0.3) is 10.6 Å². The molecule has 1 saturated heterocycles. The molecular formula is C21H21ClN4O5S. The predicted octanol–water partition coefficient (Wildman–Crippen LogP) is 2.75. The standard InChI is InChI=1S/C21H21ClN4O5S/c1-29-21(28)14-8-15(10-23-9-14)31-13-16-11-25(6-7-30-16)20(27)12-26-5-4-17(24-26)18-2-3-19(22)32-18/h2-5,8-10,16H,6-7,11-13H2,1H3. The van der Waals surface area contributed by atoms with E-state index >= 15 is 0 Å². The van der Waals surface area contributed by atoms with Crippen LogP contribution in [0.1, 0.15) is 10.4 Å². The second kappa shape index (κ2) is 10.1. The van der Waals surface area contributed by atoms with Crippen LogP contribution >= 0.6 is 22.9 Å². The van der Waals surface area contributed by atoms with Gasteiger partial charge in [-0.1, -0.05) is 11.6 Å². The van der Waals surface area contributed by atoms with Gasteiger partial charge in [0.05, 0.1) is 41.2 Å². The summed E-state index contributed by atoms with van der Waals surface area (Å²) in [6, 6.07) is 7.15. The van der Waals surface area contributed by atoms with E-state index in [1.54, 1.807) is 21.8 Å². The number of nitrogens with zero attached hydrogens (tertiary/aromatic N) is 4. The van der Waals surface area contributed by atoms with E-state index in [1.807, 2.05) is 18.2 Å². The van der Waals surface area contributed by atoms with E-state index in [2.05, 4.69) is 14.8 Å². The number of esters is 1. The van der Waals surface area contributed by atoms with Crippen LogP contribution in [0, 0.1) is 0 Å². The Bertz CT molecular complexity index is 1100. The van der Waals surface area contributed by atoms with Crippen LogP contribution in [0.4, 0.5) is 0 Å². The smallest absolute Gasteiger partial charge is 0.339 e. The lowest BCUT2D eigenvalue weighted by molar-refractivity contribution is -0.140. The number of aromatic nitrogens is 3. The Morgan fingerprint density at radius 1 is 1.31 bits per heavy atom. The first-order valence-electron chi connectivity index (χ1n) is 9.86. The normalized spacial score (nSPS) is 16.1. The van der Waals surface area contributed by atoms with E-state index in [-0.39, 0.29) is 25.2 Å². The largest absolute Gasteiger partial charge is 0.489 e. The molecule has 1 amide bonds. The lowest BCUT2D eigenvalue weighted by Gasteiger charge is -2.32. The van der Waals surface area contributed by atoms with Gasteiger partial charge >= 0.3 is 5.97 Å². The number of carbonyl (C=O) groups is 2. The van der Waals surface area contributed by atoms with Crippen LogP contribution in [-0.2, 0) is 20.8 Å². The number of ether oxygens (including phenoxy) is 3. The van der Waals surface area contributed by atoms with E-state index in [9.17, 15) is 9.59 Å². The van der Waals surface area contributed by atoms with Crippen LogP contribution in [0.15, 0.2) is 42.9 Å². The fourth-order valence-corrected chi connectivity index (χ4v) is 4.24. The molecule has 0 aliphatic carbocycles. The molecule has 0 N–H and O–H groups in total. The Balaban J connectivity index is 1.30. The fourth-order valence-electron chi connectivity index (χ4n) is 3.23. The summed E-state index contributed by atoms with van der Waals surface area (Å²) in [4.78, 5) is 31.1. The summed E-state index contributed by atoms with van der Waals surface area (Å²) < 4.78 is 18.5. The van der Waals surface area contributed by atoms with E-state index in [4.69, 9.17) is 21.1 Å². The zero-order valence-corrected chi connectivity index (χ0v) is 18.8. The molecule has 1 fully saturated rings. The lowest BCUT2D eigenvalue weighted by atomic mass is 10.2. The number of rotatable bonds is 7. The van der Waals surface area contributed by atoms with Crippen molar-refractivity contribution in [3.63, 3.8) is 0 Å². The van der Waals surface area contributed by atoms with Gasteiger partial charge in [-0.15, -0.1) is 11.3 Å². The highest BCUT2D eigenvalue weighted by atomic mass is 35.5. The van der Waals surface area contributed by atoms with Crippen molar-refractivity contribution in [3.05, 3.63) is 52.8 Å². The van der Waals surface area contributed by atoms with E-state index in [1.165, 1.54) is 30.8 Å². The number of thiophene rings is 1. The first-order chi connectivity index (χ1) is 15.5. The molecule has 0 bridgehead atoms. The van der Waals surface area contributed by atoms with Crippen LogP contribution < -0.4 is 4.74 Å². The first-order valence-corrected chi connectivity index (χ1v) is 11.1. The van der Waals surface area contributed by atoms with Gasteiger partial charge in [-0.2, -0.15) is 5.10 Å². The van der Waals surface area contributed by atoms with E-state index < -0.39 is 5.97 Å². The van der Waals surface area contributed by atoms with E-state index in [0.29, 0.717) is 35.3 Å². The number of pyridine rings is 1. The number of amides is 1. The number of carbonyl (C=O) groups excluding carboxylic acids is 2. The quantitative estimate of drug-likeness (QED) is 0.484. The predicted molar refractivity (Wildman–Crippen MR) is 118 cm³/mol. The summed E-state index contributed by atoms with van der Waals surface area (Å²) in [7, 11) is 1.30. The van der Waals surface area contributed by atoms with E-state index in [0.717, 1.165) is 10.6 Å². The third kappa shape index (κ3) is 5.45. The van der Waals surface area contributed by atoms with Gasteiger partial charge in [0, 0.05) is 18.9 Å². The Morgan fingerprint density at radius 3 is 2.97 bits per heavy atom. The molecule has 3 aromatic heterocycles. The minimum absolute atomic E-state index is 0.0495. The van der Waals surface area contributed by atoms with Gasteiger partial charge in [0.1, 0.15) is 30.7 Å². The van der Waals surface area contributed by atoms with Crippen LogP contribution in [0.5, 0.6) is 5.75 Å². The summed E-state index contributed by atoms with van der Waals surface area (Å²) in [6.07, 6.45) is 4.40. The number of hydrogen-bond donors (Lipinski definition) is 0. The van der Waals surface area contributed by atoms with Crippen LogP contribution in [0.3, 0.4) is 0 Å². The lowest BCUT2D eigenvalue weighted by Crippen LogP contribution is -2.48. The topological polar surface area (TPSA) is 95.8 Å². The van der Waals surface area contributed by atoms with Crippen molar-refractivity contribution in [2.24, 2.45) is 0 Å². The molecule has 168 valence electrons. The van der Waals surface area contributed by atoms with Gasteiger partial charge in [0.25, 0.3) is 0 Å². The van der Waals surface area contributed by atoms with Gasteiger partial charge in [-0.3, -0.25) is 14.5 Å². The minimum atomic E-state index is -0.488. The van der Waals surface area contributed by atoms with Gasteiger partial charge in [-0.25, -0.2) is 4.79 Å². The summed E-state index contributed by atoms with van der Waals surface area (Å²) in [5, 5.41) is 4.47. The van der Waals surface area contributed by atoms with Gasteiger partial charge < -0.3 is 19.1 Å². The molecule has 0 aromatic carbocycles. The summed E-state index contributed by atoms with van der Waals surface area (Å²) in [5.74, 6) is -0.109. The molecule has 0 spiro atoms. The maximum absolute atomic E-state index is 12.8. The van der Waals surface area contributed by atoms with Crippen molar-refractivity contribution in [1.82, 2.24) is 19.7 Å². The molecule has 9 nitrogen and oxygen atoms in total. The van der Waals surface area contributed by atoms with Gasteiger partial charge in [0.2, 0.25) is 5.91 Å². The molecule has 4 rings (SSSR count). The minimum Gasteiger partial charge on any atom is -0.489 e. The molecule has 1 aliphatic rings. The van der Waals surface area contributed by atoms with Gasteiger partial charge in [0.15, 0.2) is 0 Å². The highest BCUT2D eigenvalue weighted by molar-refractivity contribution is 7.19. The number of morpholine rings is 1. The Hall–Kier alpha value is -2.95. The molecule has 1 aliphatic heterocycles. The summed E-state index contributed by atoms with van der Waals surface area (Å²) in [6.45, 7) is 1.68. The molecule has 3 aromatic rings. The fraction of sp³-hybridized carbons (Fsp3) is 0.333. The van der Waals surface area contributed by atoms with Gasteiger partial charge in [-0.05, 0) is 24.3 Å². The molecule has 11 heteroatoms. The molecular weight excluding hydrogens is 456 g/mol.